The molecule has 0 unspecified atom stereocenters. The zero-order valence-electron chi connectivity index (χ0n) is 15.1. The topological polar surface area (TPSA) is 127 Å². The zero-order valence-corrected chi connectivity index (χ0v) is 15.9. The summed E-state index contributed by atoms with van der Waals surface area (Å²) in [5.74, 6) is 0. The molecule has 10 heteroatoms. The lowest BCUT2D eigenvalue weighted by Crippen LogP contribution is -2.40. The lowest BCUT2D eigenvalue weighted by molar-refractivity contribution is -0.384. The summed E-state index contributed by atoms with van der Waals surface area (Å²) in [5.41, 5.74) is 0.337. The summed E-state index contributed by atoms with van der Waals surface area (Å²) < 4.78 is 22.9. The molecule has 0 aliphatic heterocycles. The van der Waals surface area contributed by atoms with Gasteiger partial charge in [0.2, 0.25) is 10.0 Å². The van der Waals surface area contributed by atoms with Crippen LogP contribution in [0.25, 0.3) is 0 Å². The van der Waals surface area contributed by atoms with Crippen molar-refractivity contribution in [2.45, 2.75) is 17.9 Å². The first-order valence-electron chi connectivity index (χ1n) is 7.90. The first-order chi connectivity index (χ1) is 12.5. The molecule has 0 bridgehead atoms. The van der Waals surface area contributed by atoms with E-state index in [2.05, 4.69) is 0 Å². The number of primary sulfonamides is 1. The Hall–Kier alpha value is -2.98. The Morgan fingerprint density at radius 3 is 2.26 bits per heavy atom. The van der Waals surface area contributed by atoms with Crippen molar-refractivity contribution in [1.29, 1.82) is 0 Å². The van der Waals surface area contributed by atoms with Crippen molar-refractivity contribution in [3.8, 4) is 0 Å². The Kier molecular flexibility index (Phi) is 5.82. The molecule has 0 aromatic heterocycles. The third-order valence-electron chi connectivity index (χ3n) is 4.29. The van der Waals surface area contributed by atoms with Gasteiger partial charge in [-0.05, 0) is 24.6 Å². The lowest BCUT2D eigenvalue weighted by Gasteiger charge is -2.30. The van der Waals surface area contributed by atoms with Crippen molar-refractivity contribution in [2.24, 2.45) is 5.14 Å². The van der Waals surface area contributed by atoms with Gasteiger partial charge in [-0.3, -0.25) is 15.0 Å². The minimum atomic E-state index is -4.11. The number of nitrogens with two attached hydrogens (primary N) is 1. The molecule has 2 amide bonds. The quantitative estimate of drug-likeness (QED) is 0.618. The molecule has 2 rings (SSSR count). The van der Waals surface area contributed by atoms with Crippen LogP contribution < -0.4 is 10.0 Å². The van der Waals surface area contributed by atoms with Gasteiger partial charge in [-0.15, -0.1) is 0 Å². The van der Waals surface area contributed by atoms with E-state index in [1.165, 1.54) is 18.0 Å². The van der Waals surface area contributed by atoms with Crippen molar-refractivity contribution < 1.29 is 18.1 Å². The summed E-state index contributed by atoms with van der Waals surface area (Å²) in [5, 5.41) is 16.4. The van der Waals surface area contributed by atoms with Crippen LogP contribution in [0, 0.1) is 10.1 Å². The number of hydrogen-bond acceptors (Lipinski definition) is 5. The number of benzene rings is 2. The minimum absolute atomic E-state index is 0.0375. The predicted molar refractivity (Wildman–Crippen MR) is 101 cm³/mol. The normalized spacial score (nSPS) is 12.3. The summed E-state index contributed by atoms with van der Waals surface area (Å²) in [6.07, 6.45) is 0. The fraction of sp³-hybridized carbons (Fsp3) is 0.235. The van der Waals surface area contributed by atoms with Gasteiger partial charge in [-0.1, -0.05) is 30.3 Å². The monoisotopic (exact) mass is 392 g/mol. The highest BCUT2D eigenvalue weighted by molar-refractivity contribution is 7.89. The average Bonchev–Trinajstić information content (AvgIpc) is 2.65. The maximum Gasteiger partial charge on any atom is 0.324 e. The minimum Gasteiger partial charge on any atom is -0.321 e. The van der Waals surface area contributed by atoms with E-state index in [1.807, 2.05) is 37.3 Å². The Morgan fingerprint density at radius 1 is 1.15 bits per heavy atom. The molecule has 0 aliphatic rings. The molecular formula is C17H20N4O5S. The molecule has 2 aromatic carbocycles. The molecule has 0 saturated heterocycles. The highest BCUT2D eigenvalue weighted by Gasteiger charge is 2.27. The Morgan fingerprint density at radius 2 is 1.74 bits per heavy atom. The SMILES string of the molecule is C[C@@H](c1ccccc1)N(C)C(=O)N(C)c1ccc(S(N)(=O)=O)cc1[N+](=O)[O-]. The number of anilines is 1. The van der Waals surface area contributed by atoms with Crippen LogP contribution in [0.2, 0.25) is 0 Å². The van der Waals surface area contributed by atoms with Crippen molar-refractivity contribution in [1.82, 2.24) is 4.90 Å². The van der Waals surface area contributed by atoms with Gasteiger partial charge in [-0.25, -0.2) is 18.4 Å². The largest absolute Gasteiger partial charge is 0.324 e. The smallest absolute Gasteiger partial charge is 0.321 e. The Labute approximate surface area is 157 Å². The van der Waals surface area contributed by atoms with E-state index in [0.29, 0.717) is 0 Å². The Balaban J connectivity index is 2.37. The van der Waals surface area contributed by atoms with E-state index in [-0.39, 0.29) is 11.7 Å². The molecule has 9 nitrogen and oxygen atoms in total. The highest BCUT2D eigenvalue weighted by Crippen LogP contribution is 2.31. The van der Waals surface area contributed by atoms with Crippen LogP contribution in [-0.4, -0.2) is 38.4 Å². The fourth-order valence-electron chi connectivity index (χ4n) is 2.57. The molecule has 0 spiro atoms. The van der Waals surface area contributed by atoms with E-state index in [0.717, 1.165) is 22.6 Å². The number of nitro groups is 1. The van der Waals surface area contributed by atoms with E-state index in [9.17, 15) is 23.3 Å². The molecule has 27 heavy (non-hydrogen) atoms. The van der Waals surface area contributed by atoms with Crippen LogP contribution in [0.1, 0.15) is 18.5 Å². The summed E-state index contributed by atoms with van der Waals surface area (Å²) in [4.78, 5) is 25.6. The number of carbonyl (C=O) groups is 1. The van der Waals surface area contributed by atoms with Gasteiger partial charge in [0.25, 0.3) is 5.69 Å². The molecule has 2 N–H and O–H groups in total. The van der Waals surface area contributed by atoms with Gasteiger partial charge >= 0.3 is 6.03 Å². The first kappa shape index (κ1) is 20.3. The van der Waals surface area contributed by atoms with Crippen LogP contribution in [-0.2, 0) is 10.0 Å². The molecule has 1 atom stereocenters. The number of hydrogen-bond donors (Lipinski definition) is 1. The van der Waals surface area contributed by atoms with E-state index < -0.39 is 31.6 Å². The number of urea groups is 1. The van der Waals surface area contributed by atoms with Gasteiger partial charge < -0.3 is 4.90 Å². The number of nitrogens with zero attached hydrogens (tertiary/aromatic N) is 3. The average molecular weight is 392 g/mol. The van der Waals surface area contributed by atoms with Gasteiger partial charge in [0.15, 0.2) is 0 Å². The molecule has 0 radical (unpaired) electrons. The maximum atomic E-state index is 12.8. The van der Waals surface area contributed by atoms with Crippen LogP contribution >= 0.6 is 0 Å². The molecule has 2 aromatic rings. The second-order valence-electron chi connectivity index (χ2n) is 5.99. The Bertz CT molecular complexity index is 963. The van der Waals surface area contributed by atoms with E-state index in [4.69, 9.17) is 5.14 Å². The predicted octanol–water partition coefficient (Wildman–Crippen LogP) is 2.49. The maximum absolute atomic E-state index is 12.8. The van der Waals surface area contributed by atoms with Crippen molar-refractivity contribution in [3.63, 3.8) is 0 Å². The van der Waals surface area contributed by atoms with Crippen LogP contribution in [0.5, 0.6) is 0 Å². The van der Waals surface area contributed by atoms with Gasteiger partial charge in [0.05, 0.1) is 15.9 Å². The highest BCUT2D eigenvalue weighted by atomic mass is 32.2. The van der Waals surface area contributed by atoms with Crippen LogP contribution in [0.15, 0.2) is 53.4 Å². The van der Waals surface area contributed by atoms with Crippen LogP contribution in [0.4, 0.5) is 16.2 Å². The van der Waals surface area contributed by atoms with Crippen molar-refractivity contribution >= 4 is 27.4 Å². The summed E-state index contributed by atoms with van der Waals surface area (Å²) in [6, 6.07) is 11.7. The molecule has 0 aliphatic carbocycles. The van der Waals surface area contributed by atoms with Gasteiger partial charge in [0, 0.05) is 20.2 Å². The number of rotatable bonds is 5. The molecule has 0 saturated carbocycles. The van der Waals surface area contributed by atoms with Crippen LogP contribution in [0.3, 0.4) is 0 Å². The van der Waals surface area contributed by atoms with Gasteiger partial charge in [0.1, 0.15) is 5.69 Å². The summed E-state index contributed by atoms with van der Waals surface area (Å²) >= 11 is 0. The molecule has 144 valence electrons. The third kappa shape index (κ3) is 4.41. The lowest BCUT2D eigenvalue weighted by atomic mass is 10.1. The number of amides is 2. The molecular weight excluding hydrogens is 372 g/mol. The molecule has 0 heterocycles. The second-order valence-corrected chi connectivity index (χ2v) is 7.55. The zero-order chi connectivity index (χ0) is 20.4. The van der Waals surface area contributed by atoms with E-state index >= 15 is 0 Å². The first-order valence-corrected chi connectivity index (χ1v) is 9.45. The fourth-order valence-corrected chi connectivity index (χ4v) is 3.10. The van der Waals surface area contributed by atoms with E-state index in [1.54, 1.807) is 7.05 Å². The number of sulfonamides is 1. The summed E-state index contributed by atoms with van der Waals surface area (Å²) in [6.45, 7) is 1.83. The van der Waals surface area contributed by atoms with Crippen molar-refractivity contribution in [3.05, 3.63) is 64.2 Å². The number of nitro benzene ring substituents is 1. The summed E-state index contributed by atoms with van der Waals surface area (Å²) in [7, 11) is -1.14. The van der Waals surface area contributed by atoms with Gasteiger partial charge in [-0.2, -0.15) is 0 Å². The second kappa shape index (κ2) is 7.72. The third-order valence-corrected chi connectivity index (χ3v) is 5.20. The van der Waals surface area contributed by atoms with Crippen molar-refractivity contribution in [2.75, 3.05) is 19.0 Å². The number of carbonyl (C=O) groups excluding carboxylic acids is 1. The molecule has 0 fully saturated rings. The standard InChI is InChI=1S/C17H20N4O5S/c1-12(13-7-5-4-6-8-13)19(2)17(22)20(3)15-10-9-14(27(18,25)26)11-16(15)21(23)24/h4-12H,1-3H3,(H2,18,25,26)/t12-/m0/s1.